The van der Waals surface area contributed by atoms with Gasteiger partial charge in [-0.05, 0) is 36.4 Å². The summed E-state index contributed by atoms with van der Waals surface area (Å²) >= 11 is 0. The fraction of sp³-hybridized carbons (Fsp3) is 0.136. The van der Waals surface area contributed by atoms with E-state index in [0.29, 0.717) is 36.8 Å². The third-order valence-electron chi connectivity index (χ3n) is 3.98. The highest BCUT2D eigenvalue weighted by Gasteiger charge is 2.12. The van der Waals surface area contributed by atoms with Crippen molar-refractivity contribution in [1.82, 2.24) is 0 Å². The van der Waals surface area contributed by atoms with Gasteiger partial charge in [0.25, 0.3) is 0 Å². The van der Waals surface area contributed by atoms with E-state index >= 15 is 0 Å². The van der Waals surface area contributed by atoms with Crippen LogP contribution in [0.2, 0.25) is 0 Å². The Morgan fingerprint density at radius 1 is 0.714 bits per heavy atom. The Morgan fingerprint density at radius 3 is 1.82 bits per heavy atom. The zero-order valence-electron chi connectivity index (χ0n) is 15.8. The first kappa shape index (κ1) is 19.7. The van der Waals surface area contributed by atoms with Crippen LogP contribution in [0.5, 0.6) is 28.7 Å². The zero-order valence-corrected chi connectivity index (χ0v) is 16.7. The summed E-state index contributed by atoms with van der Waals surface area (Å²) in [6.45, 7) is 0. The molecule has 0 aliphatic heterocycles. The number of rotatable bonds is 7. The third-order valence-corrected chi connectivity index (χ3v) is 4.96. The monoisotopic (exact) mass is 395 g/mol. The molecular weight excluding hydrogens is 375 g/mol. The van der Waals surface area contributed by atoms with Gasteiger partial charge in [0, 0.05) is 17.4 Å². The Morgan fingerprint density at radius 2 is 1.29 bits per heavy atom. The van der Waals surface area contributed by atoms with Gasteiger partial charge in [0.05, 0.1) is 26.9 Å². The van der Waals surface area contributed by atoms with Crippen LogP contribution in [-0.4, -0.2) is 26.8 Å². The average molecular weight is 395 g/mol. The molecule has 3 aromatic rings. The molecule has 144 valence electrons. The zero-order chi connectivity index (χ0) is 19.9. The van der Waals surface area contributed by atoms with Crippen LogP contribution in [-0.2, 0) is 0 Å². The van der Waals surface area contributed by atoms with Crippen LogP contribution in [0.4, 0.5) is 0 Å². The number of hydrogen-bond acceptors (Lipinski definition) is 5. The van der Waals surface area contributed by atoms with Gasteiger partial charge in [-0.3, -0.25) is 0 Å². The summed E-state index contributed by atoms with van der Waals surface area (Å²) < 4.78 is 21.7. The topological polar surface area (TPSA) is 60.0 Å². The standard InChI is InChI=1S/C22H21O5P/c1-24-17-13-19(25-2)21(20(14-17)26-3)22(23)28-18-11-9-16(10-12-18)27-15-7-5-4-6-8-15/h4-14,23H,1-3H3/p-1. The molecule has 0 aliphatic rings. The molecule has 28 heavy (non-hydrogen) atoms. The summed E-state index contributed by atoms with van der Waals surface area (Å²) in [4.78, 5) is 0. The fourth-order valence-corrected chi connectivity index (χ4v) is 3.47. The van der Waals surface area contributed by atoms with Crippen molar-refractivity contribution in [2.24, 2.45) is 0 Å². The van der Waals surface area contributed by atoms with E-state index < -0.39 is 0 Å². The predicted molar refractivity (Wildman–Crippen MR) is 110 cm³/mol. The van der Waals surface area contributed by atoms with Crippen LogP contribution in [0.25, 0.3) is 0 Å². The molecule has 0 spiro atoms. The lowest BCUT2D eigenvalue weighted by Gasteiger charge is -2.20. The summed E-state index contributed by atoms with van der Waals surface area (Å²) in [6, 6.07) is 20.3. The molecule has 0 radical (unpaired) electrons. The Balaban J connectivity index is 1.87. The van der Waals surface area contributed by atoms with E-state index in [4.69, 9.17) is 18.9 Å². The summed E-state index contributed by atoms with van der Waals surface area (Å²) in [5, 5.41) is 13.7. The van der Waals surface area contributed by atoms with Crippen molar-refractivity contribution in [3.05, 3.63) is 72.3 Å². The molecule has 0 fully saturated rings. The van der Waals surface area contributed by atoms with Gasteiger partial charge in [-0.2, -0.15) is 0 Å². The lowest BCUT2D eigenvalue weighted by atomic mass is 10.1. The van der Waals surface area contributed by atoms with Gasteiger partial charge >= 0.3 is 0 Å². The molecule has 0 amide bonds. The molecule has 0 heterocycles. The van der Waals surface area contributed by atoms with E-state index in [1.165, 1.54) is 14.2 Å². The van der Waals surface area contributed by atoms with Gasteiger partial charge < -0.3 is 24.1 Å². The molecule has 6 heteroatoms. The minimum atomic E-state index is -0.131. The fourth-order valence-electron chi connectivity index (χ4n) is 2.60. The molecule has 0 N–H and O–H groups in total. The highest BCUT2D eigenvalue weighted by atomic mass is 31.1. The number of para-hydroxylation sites is 1. The van der Waals surface area contributed by atoms with Crippen LogP contribution in [0.1, 0.15) is 5.56 Å². The minimum Gasteiger partial charge on any atom is -0.823 e. The summed E-state index contributed by atoms with van der Waals surface area (Å²) in [6.07, 6.45) is 0. The van der Waals surface area contributed by atoms with Crippen LogP contribution in [0.15, 0.2) is 66.7 Å². The first-order valence-corrected chi connectivity index (χ1v) is 9.43. The molecule has 0 aromatic heterocycles. The lowest BCUT2D eigenvalue weighted by molar-refractivity contribution is -0.207. The lowest BCUT2D eigenvalue weighted by Crippen LogP contribution is -2.19. The molecule has 0 saturated carbocycles. The molecule has 0 unspecified atom stereocenters. The second kappa shape index (κ2) is 9.27. The summed E-state index contributed by atoms with van der Waals surface area (Å²) in [5.74, 6) is 2.86. The van der Waals surface area contributed by atoms with Crippen molar-refractivity contribution in [2.75, 3.05) is 21.3 Å². The van der Waals surface area contributed by atoms with Crippen molar-refractivity contribution in [2.45, 2.75) is 0 Å². The Bertz CT molecular complexity index is 927. The maximum Gasteiger partial charge on any atom is 0.132 e. The quantitative estimate of drug-likeness (QED) is 0.572. The second-order valence-electron chi connectivity index (χ2n) is 5.73. The molecule has 3 aromatic carbocycles. The number of benzene rings is 3. The van der Waals surface area contributed by atoms with E-state index in [2.05, 4.69) is 0 Å². The third kappa shape index (κ3) is 4.63. The molecule has 0 aliphatic carbocycles. The van der Waals surface area contributed by atoms with Crippen LogP contribution < -0.4 is 29.4 Å². The largest absolute Gasteiger partial charge is 0.823 e. The highest BCUT2D eigenvalue weighted by Crippen LogP contribution is 2.34. The first-order valence-electron chi connectivity index (χ1n) is 8.53. The smallest absolute Gasteiger partial charge is 0.132 e. The highest BCUT2D eigenvalue weighted by molar-refractivity contribution is 7.49. The van der Waals surface area contributed by atoms with E-state index in [1.807, 2.05) is 54.6 Å². The molecule has 5 nitrogen and oxygen atoms in total. The van der Waals surface area contributed by atoms with Gasteiger partial charge in [-0.15, -0.1) is 0 Å². The molecule has 3 rings (SSSR count). The van der Waals surface area contributed by atoms with Gasteiger partial charge in [0.2, 0.25) is 0 Å². The van der Waals surface area contributed by atoms with Crippen LogP contribution in [0, 0.1) is 0 Å². The minimum absolute atomic E-state index is 0.131. The van der Waals surface area contributed by atoms with Crippen molar-refractivity contribution in [3.63, 3.8) is 0 Å². The van der Waals surface area contributed by atoms with Crippen molar-refractivity contribution in [1.29, 1.82) is 0 Å². The van der Waals surface area contributed by atoms with E-state index in [0.717, 1.165) is 11.1 Å². The average Bonchev–Trinajstić information content (AvgIpc) is 2.74. The number of methoxy groups -OCH3 is 3. The Kier molecular flexibility index (Phi) is 6.53. The number of ether oxygens (including phenoxy) is 4. The van der Waals surface area contributed by atoms with Crippen molar-refractivity contribution >= 4 is 19.0 Å². The van der Waals surface area contributed by atoms with Crippen molar-refractivity contribution < 1.29 is 24.1 Å². The van der Waals surface area contributed by atoms with E-state index in [1.54, 1.807) is 19.2 Å². The Hall–Kier alpha value is -3.01. The van der Waals surface area contributed by atoms with E-state index in [-0.39, 0.29) is 5.48 Å². The number of hydrogen-bond donors (Lipinski definition) is 0. The summed E-state index contributed by atoms with van der Waals surface area (Å²) in [7, 11) is 5.08. The molecule has 0 atom stereocenters. The predicted octanol–water partition coefficient (Wildman–Crippen LogP) is 3.61. The van der Waals surface area contributed by atoms with E-state index in [9.17, 15) is 5.11 Å². The second-order valence-corrected chi connectivity index (χ2v) is 6.88. The van der Waals surface area contributed by atoms with Crippen molar-refractivity contribution in [3.8, 4) is 28.7 Å². The maximum absolute atomic E-state index is 12.9. The first-order chi connectivity index (χ1) is 13.6. The van der Waals surface area contributed by atoms with Crippen LogP contribution >= 0.6 is 8.20 Å². The van der Waals surface area contributed by atoms with Gasteiger partial charge in [-0.25, -0.2) is 0 Å². The normalized spacial score (nSPS) is 11.1. The SMILES string of the molecule is COc1cc(OC)c(C([O-])=Pc2ccc(Oc3ccccc3)cc2)c(OC)c1. The summed E-state index contributed by atoms with van der Waals surface area (Å²) in [5.41, 5.74) is 0.255. The van der Waals surface area contributed by atoms with Crippen LogP contribution in [0.3, 0.4) is 0 Å². The molecular formula is C22H20O5P-. The van der Waals surface area contributed by atoms with Gasteiger partial charge in [0.1, 0.15) is 28.7 Å². The molecule has 0 saturated heterocycles. The molecule has 0 bridgehead atoms. The van der Waals surface area contributed by atoms with Gasteiger partial charge in [-0.1, -0.05) is 31.9 Å². The Labute approximate surface area is 165 Å². The maximum atomic E-state index is 12.9. The van der Waals surface area contributed by atoms with Gasteiger partial charge in [0.15, 0.2) is 0 Å².